The number of hydrogen-bond acceptors (Lipinski definition) is 5. The molecule has 6 nitrogen and oxygen atoms in total. The minimum Gasteiger partial charge on any atom is -0.449 e. The Labute approximate surface area is 169 Å². The predicted octanol–water partition coefficient (Wildman–Crippen LogP) is 4.28. The quantitative estimate of drug-likeness (QED) is 0.404. The molecule has 28 heavy (non-hydrogen) atoms. The zero-order valence-corrected chi connectivity index (χ0v) is 16.9. The van der Waals surface area contributed by atoms with Gasteiger partial charge in [0.15, 0.2) is 6.10 Å². The van der Waals surface area contributed by atoms with E-state index in [4.69, 9.17) is 16.3 Å². The summed E-state index contributed by atoms with van der Waals surface area (Å²) in [5, 5.41) is 7.05. The molecule has 150 valence electrons. The van der Waals surface area contributed by atoms with Crippen LogP contribution < -0.4 is 5.32 Å². The molecule has 2 rings (SSSR count). The van der Waals surface area contributed by atoms with Gasteiger partial charge in [0.2, 0.25) is 0 Å². The topological polar surface area (TPSA) is 73.2 Å². The summed E-state index contributed by atoms with van der Waals surface area (Å²) in [6.07, 6.45) is 1.57. The molecule has 1 atom stereocenters. The van der Waals surface area contributed by atoms with E-state index >= 15 is 0 Å². The lowest BCUT2D eigenvalue weighted by atomic mass is 10.2. The third-order valence-corrected chi connectivity index (χ3v) is 4.76. The summed E-state index contributed by atoms with van der Waals surface area (Å²) in [5.41, 5.74) is 1.63. The van der Waals surface area contributed by atoms with Crippen LogP contribution in [-0.2, 0) is 21.4 Å². The van der Waals surface area contributed by atoms with E-state index in [1.165, 1.54) is 41.9 Å². The number of carbonyl (C=O) groups excluding carboxylic acids is 2. The number of halogens is 3. The highest BCUT2D eigenvalue weighted by molar-refractivity contribution is 7.99. The van der Waals surface area contributed by atoms with E-state index in [9.17, 15) is 18.4 Å². The maximum Gasteiger partial charge on any atom is 0.331 e. The number of aromatic nitrogens is 2. The number of alkyl halides is 2. The van der Waals surface area contributed by atoms with E-state index in [2.05, 4.69) is 10.4 Å². The number of anilines is 1. The van der Waals surface area contributed by atoms with E-state index in [-0.39, 0.29) is 0 Å². The smallest absolute Gasteiger partial charge is 0.331 e. The molecule has 1 heterocycles. The first-order chi connectivity index (χ1) is 13.2. The molecule has 2 aromatic rings. The molecule has 0 fully saturated rings. The molecule has 0 saturated carbocycles. The van der Waals surface area contributed by atoms with Gasteiger partial charge in [-0.25, -0.2) is 4.79 Å². The first-order valence-corrected chi connectivity index (χ1v) is 9.36. The molecule has 0 radical (unpaired) electrons. The van der Waals surface area contributed by atoms with E-state index in [0.717, 1.165) is 6.08 Å². The molecule has 0 aliphatic carbocycles. The third-order valence-electron chi connectivity index (χ3n) is 3.59. The van der Waals surface area contributed by atoms with Crippen molar-refractivity contribution in [1.29, 1.82) is 0 Å². The summed E-state index contributed by atoms with van der Waals surface area (Å²) < 4.78 is 31.1. The van der Waals surface area contributed by atoms with Gasteiger partial charge >= 0.3 is 5.97 Å². The van der Waals surface area contributed by atoms with Crippen molar-refractivity contribution in [2.45, 2.75) is 30.6 Å². The number of nitrogens with zero attached hydrogens (tertiary/aromatic N) is 2. The average Bonchev–Trinajstić information content (AvgIpc) is 2.86. The number of thioether (sulfide) groups is 1. The largest absolute Gasteiger partial charge is 0.449 e. The highest BCUT2D eigenvalue weighted by atomic mass is 35.5. The Balaban J connectivity index is 1.90. The van der Waals surface area contributed by atoms with Gasteiger partial charge in [0, 0.05) is 29.3 Å². The Bertz CT molecular complexity index is 885. The summed E-state index contributed by atoms with van der Waals surface area (Å²) in [7, 11) is 1.68. The maximum absolute atomic E-state index is 12.3. The van der Waals surface area contributed by atoms with Gasteiger partial charge in [-0.15, -0.1) is 0 Å². The molecule has 0 unspecified atom stereocenters. The Morgan fingerprint density at radius 3 is 2.50 bits per heavy atom. The molecule has 1 aromatic carbocycles. The van der Waals surface area contributed by atoms with Crippen LogP contribution in [-0.4, -0.2) is 33.5 Å². The number of amides is 1. The second kappa shape index (κ2) is 9.70. The number of hydrogen-bond donors (Lipinski definition) is 1. The Kier molecular flexibility index (Phi) is 7.59. The average molecular weight is 430 g/mol. The second-order valence-electron chi connectivity index (χ2n) is 5.72. The van der Waals surface area contributed by atoms with Crippen LogP contribution in [0.2, 0.25) is 5.15 Å². The molecule has 0 saturated heterocycles. The van der Waals surface area contributed by atoms with Crippen LogP contribution in [0.1, 0.15) is 18.2 Å². The van der Waals surface area contributed by atoms with Crippen molar-refractivity contribution in [3.63, 3.8) is 0 Å². The molecule has 10 heteroatoms. The molecule has 0 bridgehead atoms. The summed E-state index contributed by atoms with van der Waals surface area (Å²) in [6.45, 7) is 3.17. The van der Waals surface area contributed by atoms with Gasteiger partial charge in [-0.3, -0.25) is 9.48 Å². The Hall–Kier alpha value is -2.39. The second-order valence-corrected chi connectivity index (χ2v) is 7.14. The van der Waals surface area contributed by atoms with Crippen LogP contribution in [0.15, 0.2) is 35.2 Å². The van der Waals surface area contributed by atoms with Gasteiger partial charge in [-0.05, 0) is 44.2 Å². The minimum atomic E-state index is -2.52. The number of rotatable bonds is 7. The lowest BCUT2D eigenvalue weighted by Crippen LogP contribution is -2.29. The Morgan fingerprint density at radius 2 is 1.96 bits per heavy atom. The summed E-state index contributed by atoms with van der Waals surface area (Å²) in [4.78, 5) is 24.4. The van der Waals surface area contributed by atoms with Crippen molar-refractivity contribution in [2.24, 2.45) is 7.05 Å². The molecule has 0 aliphatic rings. The fourth-order valence-corrected chi connectivity index (χ4v) is 2.95. The van der Waals surface area contributed by atoms with E-state index in [1.54, 1.807) is 14.0 Å². The molecule has 0 spiro atoms. The molecule has 1 amide bonds. The lowest BCUT2D eigenvalue weighted by molar-refractivity contribution is -0.148. The monoisotopic (exact) mass is 429 g/mol. The summed E-state index contributed by atoms with van der Waals surface area (Å²) >= 11 is 6.48. The fraction of sp³-hybridized carbons (Fsp3) is 0.278. The van der Waals surface area contributed by atoms with Crippen LogP contribution in [0.5, 0.6) is 0 Å². The first kappa shape index (κ1) is 21.9. The predicted molar refractivity (Wildman–Crippen MR) is 104 cm³/mol. The fourth-order valence-electron chi connectivity index (χ4n) is 2.22. The van der Waals surface area contributed by atoms with Crippen LogP contribution in [0.25, 0.3) is 6.08 Å². The third kappa shape index (κ3) is 6.07. The number of carbonyl (C=O) groups is 2. The van der Waals surface area contributed by atoms with Gasteiger partial charge in [0.1, 0.15) is 5.15 Å². The SMILES string of the molecule is Cc1nn(C)c(Cl)c1/C=C/C(=O)O[C@@H](C)C(=O)Nc1ccc(SC(F)F)cc1. The maximum atomic E-state index is 12.3. The van der Waals surface area contributed by atoms with Crippen LogP contribution in [0, 0.1) is 6.92 Å². The van der Waals surface area contributed by atoms with Gasteiger partial charge in [-0.2, -0.15) is 13.9 Å². The zero-order valence-electron chi connectivity index (χ0n) is 15.3. The van der Waals surface area contributed by atoms with Crippen molar-refractivity contribution in [2.75, 3.05) is 5.32 Å². The molecule has 1 N–H and O–H groups in total. The van der Waals surface area contributed by atoms with Gasteiger partial charge < -0.3 is 10.1 Å². The van der Waals surface area contributed by atoms with Gasteiger partial charge in [-0.1, -0.05) is 23.4 Å². The standard InChI is InChI=1S/C18H18ClF2N3O3S/c1-10-14(16(19)24(3)23-10)8-9-15(25)27-11(2)17(26)22-12-4-6-13(7-5-12)28-18(20)21/h4-9,11,18H,1-3H3,(H,22,26)/b9-8+/t11-/m0/s1. The highest BCUT2D eigenvalue weighted by Crippen LogP contribution is 2.26. The number of esters is 1. The number of ether oxygens (including phenoxy) is 1. The number of aryl methyl sites for hydroxylation is 2. The normalized spacial score (nSPS) is 12.4. The molecule has 0 aliphatic heterocycles. The van der Waals surface area contributed by atoms with Crippen LogP contribution >= 0.6 is 23.4 Å². The molecular weight excluding hydrogens is 412 g/mol. The van der Waals surface area contributed by atoms with Crippen molar-refractivity contribution in [3.05, 3.63) is 46.8 Å². The van der Waals surface area contributed by atoms with Crippen LogP contribution in [0.3, 0.4) is 0 Å². The van der Waals surface area contributed by atoms with Crippen molar-refractivity contribution >= 4 is 47.0 Å². The van der Waals surface area contributed by atoms with Crippen molar-refractivity contribution in [1.82, 2.24) is 9.78 Å². The first-order valence-electron chi connectivity index (χ1n) is 8.11. The summed E-state index contributed by atoms with van der Waals surface area (Å²) in [5.74, 6) is -3.78. The lowest BCUT2D eigenvalue weighted by Gasteiger charge is -2.12. The highest BCUT2D eigenvalue weighted by Gasteiger charge is 2.17. The van der Waals surface area contributed by atoms with Crippen molar-refractivity contribution in [3.8, 4) is 0 Å². The number of benzene rings is 1. The molecular formula is C18H18ClF2N3O3S. The van der Waals surface area contributed by atoms with Crippen LogP contribution in [0.4, 0.5) is 14.5 Å². The minimum absolute atomic E-state index is 0.376. The van der Waals surface area contributed by atoms with Gasteiger partial charge in [0.05, 0.1) is 5.69 Å². The van der Waals surface area contributed by atoms with E-state index < -0.39 is 23.7 Å². The van der Waals surface area contributed by atoms with E-state index in [0.29, 0.717) is 38.8 Å². The zero-order chi connectivity index (χ0) is 20.8. The van der Waals surface area contributed by atoms with Crippen molar-refractivity contribution < 1.29 is 23.1 Å². The number of nitrogens with one attached hydrogen (secondary N) is 1. The summed E-state index contributed by atoms with van der Waals surface area (Å²) in [6, 6.07) is 5.91. The van der Waals surface area contributed by atoms with Gasteiger partial charge in [0.25, 0.3) is 11.7 Å². The molecule has 1 aromatic heterocycles. The van der Waals surface area contributed by atoms with E-state index in [1.807, 2.05) is 0 Å². The Morgan fingerprint density at radius 1 is 1.32 bits per heavy atom.